The molecule has 1 atom stereocenters. The average Bonchev–Trinajstić information content (AvgIpc) is 2.61. The predicted molar refractivity (Wildman–Crippen MR) is 100 cm³/mol. The molecule has 0 aliphatic heterocycles. The van der Waals surface area contributed by atoms with E-state index in [1.165, 1.54) is 0 Å². The van der Waals surface area contributed by atoms with Gasteiger partial charge < -0.3 is 19.9 Å². The molecule has 0 spiro atoms. The van der Waals surface area contributed by atoms with E-state index in [1.807, 2.05) is 26.0 Å². The van der Waals surface area contributed by atoms with Crippen LogP contribution in [0.3, 0.4) is 0 Å². The van der Waals surface area contributed by atoms with Gasteiger partial charge in [-0.25, -0.2) is 0 Å². The SMILES string of the molecule is CCOc1cc(C#N)cc(Br)c1OCC(=O)NC(C)c1cccc(O)c1. The van der Waals surface area contributed by atoms with Gasteiger partial charge in [-0.2, -0.15) is 5.26 Å². The maximum absolute atomic E-state index is 12.2. The fraction of sp³-hybridized carbons (Fsp3) is 0.263. The molecule has 26 heavy (non-hydrogen) atoms. The van der Waals surface area contributed by atoms with Crippen molar-refractivity contribution in [3.05, 3.63) is 52.0 Å². The number of nitrogens with zero attached hydrogens (tertiary/aromatic N) is 1. The van der Waals surface area contributed by atoms with Crippen LogP contribution in [-0.4, -0.2) is 24.2 Å². The third-order valence-electron chi connectivity index (χ3n) is 3.53. The van der Waals surface area contributed by atoms with Gasteiger partial charge in [0.2, 0.25) is 0 Å². The average molecular weight is 419 g/mol. The number of halogens is 1. The first-order chi connectivity index (χ1) is 12.4. The summed E-state index contributed by atoms with van der Waals surface area (Å²) in [4.78, 5) is 12.2. The molecule has 0 fully saturated rings. The van der Waals surface area contributed by atoms with Gasteiger partial charge in [0.25, 0.3) is 5.91 Å². The van der Waals surface area contributed by atoms with Crippen LogP contribution in [0.4, 0.5) is 0 Å². The molecule has 0 aliphatic carbocycles. The largest absolute Gasteiger partial charge is 0.508 e. The van der Waals surface area contributed by atoms with Crippen molar-refractivity contribution in [3.8, 4) is 23.3 Å². The lowest BCUT2D eigenvalue weighted by Crippen LogP contribution is -2.31. The van der Waals surface area contributed by atoms with Crippen molar-refractivity contribution in [2.75, 3.05) is 13.2 Å². The molecule has 0 heterocycles. The second kappa shape index (κ2) is 9.11. The molecule has 0 aliphatic rings. The van der Waals surface area contributed by atoms with Crippen LogP contribution in [0.2, 0.25) is 0 Å². The van der Waals surface area contributed by atoms with Crippen molar-refractivity contribution in [3.63, 3.8) is 0 Å². The first kappa shape index (κ1) is 19.6. The van der Waals surface area contributed by atoms with Crippen molar-refractivity contribution >= 4 is 21.8 Å². The molecule has 0 saturated heterocycles. The van der Waals surface area contributed by atoms with Gasteiger partial charge in [0, 0.05) is 6.07 Å². The Morgan fingerprint density at radius 1 is 1.35 bits per heavy atom. The van der Waals surface area contributed by atoms with Crippen LogP contribution in [0.1, 0.15) is 31.0 Å². The third kappa shape index (κ3) is 5.14. The minimum absolute atomic E-state index is 0.141. The number of hydrogen-bond acceptors (Lipinski definition) is 5. The lowest BCUT2D eigenvalue weighted by molar-refractivity contribution is -0.123. The van der Waals surface area contributed by atoms with Crippen LogP contribution in [0.25, 0.3) is 0 Å². The molecule has 0 radical (unpaired) electrons. The topological polar surface area (TPSA) is 91.6 Å². The fourth-order valence-corrected chi connectivity index (χ4v) is 2.89. The van der Waals surface area contributed by atoms with Crippen LogP contribution in [-0.2, 0) is 4.79 Å². The van der Waals surface area contributed by atoms with Crippen LogP contribution in [0.5, 0.6) is 17.2 Å². The van der Waals surface area contributed by atoms with Gasteiger partial charge in [0.05, 0.1) is 28.8 Å². The first-order valence-corrected chi connectivity index (χ1v) is 8.81. The minimum atomic E-state index is -0.320. The molecule has 2 rings (SSSR count). The maximum atomic E-state index is 12.2. The zero-order valence-corrected chi connectivity index (χ0v) is 16.0. The molecule has 1 amide bonds. The number of amides is 1. The van der Waals surface area contributed by atoms with Crippen LogP contribution < -0.4 is 14.8 Å². The highest BCUT2D eigenvalue weighted by atomic mass is 79.9. The van der Waals surface area contributed by atoms with Crippen molar-refractivity contribution in [1.29, 1.82) is 5.26 Å². The summed E-state index contributed by atoms with van der Waals surface area (Å²) in [6.07, 6.45) is 0. The third-order valence-corrected chi connectivity index (χ3v) is 4.12. The summed E-state index contributed by atoms with van der Waals surface area (Å²) in [6, 6.07) is 11.6. The van der Waals surface area contributed by atoms with Gasteiger partial charge in [-0.15, -0.1) is 0 Å². The molecule has 2 aromatic carbocycles. The molecule has 2 aromatic rings. The van der Waals surface area contributed by atoms with Crippen molar-refractivity contribution < 1.29 is 19.4 Å². The number of nitrogens with one attached hydrogen (secondary N) is 1. The number of rotatable bonds is 7. The molecule has 0 saturated carbocycles. The van der Waals surface area contributed by atoms with Gasteiger partial charge in [-0.3, -0.25) is 4.79 Å². The van der Waals surface area contributed by atoms with E-state index < -0.39 is 0 Å². The lowest BCUT2D eigenvalue weighted by Gasteiger charge is -2.17. The van der Waals surface area contributed by atoms with Crippen molar-refractivity contribution in [2.24, 2.45) is 0 Å². The number of nitriles is 1. The maximum Gasteiger partial charge on any atom is 0.258 e. The number of ether oxygens (including phenoxy) is 2. The van der Waals surface area contributed by atoms with Crippen molar-refractivity contribution in [1.82, 2.24) is 5.32 Å². The Morgan fingerprint density at radius 3 is 2.77 bits per heavy atom. The Bertz CT molecular complexity index is 833. The molecule has 0 bridgehead atoms. The fourth-order valence-electron chi connectivity index (χ4n) is 2.33. The molecule has 1 unspecified atom stereocenters. The number of phenolic OH excluding ortho intramolecular Hbond substituents is 1. The highest BCUT2D eigenvalue weighted by Crippen LogP contribution is 2.36. The van der Waals surface area contributed by atoms with Crippen LogP contribution in [0, 0.1) is 11.3 Å². The van der Waals surface area contributed by atoms with Gasteiger partial charge in [0.1, 0.15) is 5.75 Å². The summed E-state index contributed by atoms with van der Waals surface area (Å²) >= 11 is 3.34. The number of phenols is 1. The van der Waals surface area contributed by atoms with Crippen LogP contribution >= 0.6 is 15.9 Å². The summed E-state index contributed by atoms with van der Waals surface area (Å²) < 4.78 is 11.6. The van der Waals surface area contributed by atoms with Crippen LogP contribution in [0.15, 0.2) is 40.9 Å². The standard InChI is InChI=1S/C19H19BrN2O4/c1-3-25-17-8-13(10-21)7-16(20)19(17)26-11-18(24)22-12(2)14-5-4-6-15(23)9-14/h4-9,12,23H,3,11H2,1-2H3,(H,22,24). The molecule has 0 aromatic heterocycles. The van der Waals surface area contributed by atoms with E-state index in [4.69, 9.17) is 14.7 Å². The zero-order valence-electron chi connectivity index (χ0n) is 14.5. The van der Waals surface area contributed by atoms with Gasteiger partial charge in [0.15, 0.2) is 18.1 Å². The zero-order chi connectivity index (χ0) is 19.1. The van der Waals surface area contributed by atoms with E-state index in [1.54, 1.807) is 30.3 Å². The Hall–Kier alpha value is -2.72. The van der Waals surface area contributed by atoms with E-state index in [9.17, 15) is 9.90 Å². The Morgan fingerprint density at radius 2 is 2.12 bits per heavy atom. The number of carbonyl (C=O) groups excluding carboxylic acids is 1. The molecular formula is C19H19BrN2O4. The highest BCUT2D eigenvalue weighted by molar-refractivity contribution is 9.10. The molecule has 7 heteroatoms. The lowest BCUT2D eigenvalue weighted by atomic mass is 10.1. The van der Waals surface area contributed by atoms with Gasteiger partial charge >= 0.3 is 0 Å². The number of carbonyl (C=O) groups is 1. The summed E-state index contributed by atoms with van der Waals surface area (Å²) in [5.41, 5.74) is 1.21. The second-order valence-corrected chi connectivity index (χ2v) is 6.36. The smallest absolute Gasteiger partial charge is 0.258 e. The molecule has 136 valence electrons. The first-order valence-electron chi connectivity index (χ1n) is 8.02. The molecule has 6 nitrogen and oxygen atoms in total. The second-order valence-electron chi connectivity index (χ2n) is 5.50. The van der Waals surface area contributed by atoms with E-state index in [0.717, 1.165) is 5.56 Å². The Balaban J connectivity index is 2.04. The van der Waals surface area contributed by atoms with Crippen molar-refractivity contribution in [2.45, 2.75) is 19.9 Å². The van der Waals surface area contributed by atoms with E-state index in [0.29, 0.717) is 28.1 Å². The predicted octanol–water partition coefficient (Wildman–Crippen LogP) is 3.68. The summed E-state index contributed by atoms with van der Waals surface area (Å²) in [7, 11) is 0. The monoisotopic (exact) mass is 418 g/mol. The molecular weight excluding hydrogens is 400 g/mol. The molecule has 2 N–H and O–H groups in total. The van der Waals surface area contributed by atoms with E-state index in [2.05, 4.69) is 21.2 Å². The van der Waals surface area contributed by atoms with E-state index in [-0.39, 0.29) is 24.3 Å². The van der Waals surface area contributed by atoms with Gasteiger partial charge in [-0.05, 0) is 53.5 Å². The Labute approximate surface area is 160 Å². The number of benzene rings is 2. The Kier molecular flexibility index (Phi) is 6.87. The quantitative estimate of drug-likeness (QED) is 0.715. The normalized spacial score (nSPS) is 11.3. The highest BCUT2D eigenvalue weighted by Gasteiger charge is 2.15. The number of aromatic hydroxyl groups is 1. The summed E-state index contributed by atoms with van der Waals surface area (Å²) in [6.45, 7) is 3.82. The summed E-state index contributed by atoms with van der Waals surface area (Å²) in [5, 5.41) is 21.4. The minimum Gasteiger partial charge on any atom is -0.508 e. The van der Waals surface area contributed by atoms with Gasteiger partial charge in [-0.1, -0.05) is 12.1 Å². The van der Waals surface area contributed by atoms with E-state index >= 15 is 0 Å². The summed E-state index contributed by atoms with van der Waals surface area (Å²) in [5.74, 6) is 0.584. The number of hydrogen-bond donors (Lipinski definition) is 2.